The molecule has 1 aliphatic heterocycles. The molecule has 0 aromatic heterocycles. The van der Waals surface area contributed by atoms with E-state index in [2.05, 4.69) is 4.85 Å². The van der Waals surface area contributed by atoms with Crippen LogP contribution in [0.4, 0.5) is 0 Å². The Morgan fingerprint density at radius 1 is 1.41 bits per heavy atom. The highest BCUT2D eigenvalue weighted by Crippen LogP contribution is 2.41. The van der Waals surface area contributed by atoms with Crippen molar-refractivity contribution in [1.29, 1.82) is 0 Å². The van der Waals surface area contributed by atoms with Gasteiger partial charge in [0.2, 0.25) is 6.54 Å². The highest BCUT2D eigenvalue weighted by Gasteiger charge is 2.44. The Kier molecular flexibility index (Phi) is 9.50. The van der Waals surface area contributed by atoms with E-state index >= 15 is 0 Å². The number of hydrogen-bond donors (Lipinski definition) is 0. The Morgan fingerprint density at radius 3 is 2.73 bits per heavy atom. The van der Waals surface area contributed by atoms with Crippen molar-refractivity contribution >= 4 is 16.2 Å². The summed E-state index contributed by atoms with van der Waals surface area (Å²) >= 11 is 0. The van der Waals surface area contributed by atoms with Crippen molar-refractivity contribution in [2.75, 3.05) is 33.5 Å². The maximum Gasteiger partial charge on any atom is 0.238 e. The summed E-state index contributed by atoms with van der Waals surface area (Å²) in [5, 5.41) is 0. The summed E-state index contributed by atoms with van der Waals surface area (Å²) in [6, 6.07) is -0.527. The van der Waals surface area contributed by atoms with Crippen LogP contribution in [0.3, 0.4) is 0 Å². The van der Waals surface area contributed by atoms with E-state index in [0.29, 0.717) is 19.8 Å². The quantitative estimate of drug-likeness (QED) is 0.265. The fourth-order valence-electron chi connectivity index (χ4n) is 2.33. The van der Waals surface area contributed by atoms with Crippen molar-refractivity contribution in [2.45, 2.75) is 50.7 Å². The number of ether oxygens (including phenoxy) is 3. The van der Waals surface area contributed by atoms with Crippen LogP contribution >= 0.6 is 8.38 Å². The SMILES string of the molecule is [B][C@@H]1O[C@H](CC)C(OP(C)OCC[N+]#[C-])[C@@H]1OC(C)COC. The molecule has 1 heterocycles. The molecule has 124 valence electrons. The van der Waals surface area contributed by atoms with Gasteiger partial charge in [0.25, 0.3) is 0 Å². The smallest absolute Gasteiger partial charge is 0.238 e. The normalized spacial score (nSPS) is 30.9. The summed E-state index contributed by atoms with van der Waals surface area (Å²) < 4.78 is 28.3. The second-order valence-corrected chi connectivity index (χ2v) is 6.49. The third-order valence-corrected chi connectivity index (χ3v) is 4.37. The van der Waals surface area contributed by atoms with Crippen LogP contribution in [-0.2, 0) is 23.3 Å². The first-order valence-corrected chi connectivity index (χ1v) is 9.08. The standard InChI is InChI=1S/C14H25BNO5P/c1-6-11-12(21-22(5)18-8-7-16-3)13(14(15)20-11)19-10(2)9-17-4/h10-14H,6-9H2,1-2,4-5H3/t10?,11-,12?,13+,14-,22?/m1/s1. The zero-order valence-corrected chi connectivity index (χ0v) is 14.6. The van der Waals surface area contributed by atoms with Crippen molar-refractivity contribution in [3.8, 4) is 0 Å². The largest absolute Gasteiger partial charge is 0.382 e. The van der Waals surface area contributed by atoms with Crippen LogP contribution in [0.2, 0.25) is 0 Å². The van der Waals surface area contributed by atoms with Crippen molar-refractivity contribution in [2.24, 2.45) is 0 Å². The van der Waals surface area contributed by atoms with Crippen LogP contribution in [0.5, 0.6) is 0 Å². The van der Waals surface area contributed by atoms with Crippen LogP contribution in [0.15, 0.2) is 0 Å². The van der Waals surface area contributed by atoms with Gasteiger partial charge < -0.3 is 28.1 Å². The third kappa shape index (κ3) is 6.12. The monoisotopic (exact) mass is 329 g/mol. The molecule has 0 bridgehead atoms. The minimum Gasteiger partial charge on any atom is -0.382 e. The zero-order chi connectivity index (χ0) is 16.5. The second-order valence-electron chi connectivity index (χ2n) is 5.14. The third-order valence-electron chi connectivity index (χ3n) is 3.29. The molecule has 22 heavy (non-hydrogen) atoms. The fraction of sp³-hybridized carbons (Fsp3) is 0.929. The van der Waals surface area contributed by atoms with E-state index < -0.39 is 14.4 Å². The molecule has 0 saturated carbocycles. The van der Waals surface area contributed by atoms with Gasteiger partial charge in [0.05, 0.1) is 18.8 Å². The molecule has 1 fully saturated rings. The van der Waals surface area contributed by atoms with Crippen LogP contribution < -0.4 is 0 Å². The molecule has 1 rings (SSSR count). The zero-order valence-electron chi connectivity index (χ0n) is 13.7. The Balaban J connectivity index is 2.61. The molecule has 8 heteroatoms. The Morgan fingerprint density at radius 2 is 2.14 bits per heavy atom. The Labute approximate surface area is 135 Å². The molecule has 0 amide bonds. The lowest BCUT2D eigenvalue weighted by molar-refractivity contribution is -0.0737. The van der Waals surface area contributed by atoms with E-state index in [1.807, 2.05) is 20.5 Å². The lowest BCUT2D eigenvalue weighted by Gasteiger charge is -2.28. The average molecular weight is 329 g/mol. The maximum atomic E-state index is 6.75. The molecular formula is C14H25BNO5P. The first-order chi connectivity index (χ1) is 10.5. The summed E-state index contributed by atoms with van der Waals surface area (Å²) in [7, 11) is 6.56. The minimum absolute atomic E-state index is 0.0996. The minimum atomic E-state index is -1.10. The molecule has 1 saturated heterocycles. The molecule has 1 aliphatic rings. The van der Waals surface area contributed by atoms with E-state index in [1.54, 1.807) is 7.11 Å². The van der Waals surface area contributed by atoms with Crippen LogP contribution in [-0.4, -0.2) is 71.8 Å². The van der Waals surface area contributed by atoms with E-state index in [0.717, 1.165) is 6.42 Å². The average Bonchev–Trinajstić information content (AvgIpc) is 2.76. The van der Waals surface area contributed by atoms with Gasteiger partial charge in [0, 0.05) is 19.8 Å². The molecule has 0 aromatic carbocycles. The molecule has 6 nitrogen and oxygen atoms in total. The van der Waals surface area contributed by atoms with Crippen molar-refractivity contribution in [3.05, 3.63) is 11.4 Å². The Bertz CT molecular complexity index is 357. The Hall–Kier alpha value is -0.215. The van der Waals surface area contributed by atoms with Crippen molar-refractivity contribution < 1.29 is 23.3 Å². The second kappa shape index (κ2) is 10.5. The molecule has 3 unspecified atom stereocenters. The van der Waals surface area contributed by atoms with Crippen molar-refractivity contribution in [1.82, 2.24) is 0 Å². The van der Waals surface area contributed by atoms with Gasteiger partial charge in [-0.15, -0.1) is 0 Å². The summed E-state index contributed by atoms with van der Waals surface area (Å²) in [6.45, 7) is 13.7. The van der Waals surface area contributed by atoms with Gasteiger partial charge in [-0.25, -0.2) is 6.57 Å². The molecule has 0 aliphatic carbocycles. The molecule has 2 radical (unpaired) electrons. The van der Waals surface area contributed by atoms with Gasteiger partial charge in [-0.1, -0.05) is 6.92 Å². The van der Waals surface area contributed by atoms with Gasteiger partial charge in [-0.2, -0.15) is 0 Å². The number of hydrogen-bond acceptors (Lipinski definition) is 5. The van der Waals surface area contributed by atoms with Gasteiger partial charge in [-0.05, 0) is 13.3 Å². The van der Waals surface area contributed by atoms with E-state index in [-0.39, 0.29) is 24.4 Å². The van der Waals surface area contributed by atoms with Crippen LogP contribution in [0.1, 0.15) is 20.3 Å². The van der Waals surface area contributed by atoms with E-state index in [1.165, 1.54) is 0 Å². The molecule has 6 atom stereocenters. The molecular weight excluding hydrogens is 304 g/mol. The van der Waals surface area contributed by atoms with Gasteiger partial charge in [-0.3, -0.25) is 0 Å². The first kappa shape index (κ1) is 19.8. The predicted molar refractivity (Wildman–Crippen MR) is 86.1 cm³/mol. The van der Waals surface area contributed by atoms with Crippen molar-refractivity contribution in [3.63, 3.8) is 0 Å². The lowest BCUT2D eigenvalue weighted by Crippen LogP contribution is -2.39. The fourth-order valence-corrected chi connectivity index (χ4v) is 3.32. The van der Waals surface area contributed by atoms with Gasteiger partial charge >= 0.3 is 0 Å². The molecule has 0 spiro atoms. The maximum absolute atomic E-state index is 6.75. The van der Waals surface area contributed by atoms with Gasteiger partial charge in [0.1, 0.15) is 26.7 Å². The molecule has 0 aromatic rings. The highest BCUT2D eigenvalue weighted by atomic mass is 31.2. The number of nitrogens with zero attached hydrogens (tertiary/aromatic N) is 1. The first-order valence-electron chi connectivity index (χ1n) is 7.45. The lowest BCUT2D eigenvalue weighted by atomic mass is 9.92. The predicted octanol–water partition coefficient (Wildman–Crippen LogP) is 1.97. The van der Waals surface area contributed by atoms with E-state index in [9.17, 15) is 0 Å². The van der Waals surface area contributed by atoms with Crippen LogP contribution in [0.25, 0.3) is 4.85 Å². The topological polar surface area (TPSA) is 50.5 Å². The summed E-state index contributed by atoms with van der Waals surface area (Å²) in [5.74, 6) is 0. The summed E-state index contributed by atoms with van der Waals surface area (Å²) in [4.78, 5) is 3.25. The van der Waals surface area contributed by atoms with Crippen LogP contribution in [0, 0.1) is 6.57 Å². The highest BCUT2D eigenvalue weighted by molar-refractivity contribution is 7.46. The van der Waals surface area contributed by atoms with E-state index in [4.69, 9.17) is 37.7 Å². The number of methoxy groups -OCH3 is 1. The summed E-state index contributed by atoms with van der Waals surface area (Å²) in [5.41, 5.74) is 0. The van der Waals surface area contributed by atoms with Gasteiger partial charge in [0.15, 0.2) is 8.38 Å². The number of rotatable bonds is 10. The molecule has 0 N–H and O–H groups in total. The summed E-state index contributed by atoms with van der Waals surface area (Å²) in [6.07, 6.45) is -0.0724.